The summed E-state index contributed by atoms with van der Waals surface area (Å²) in [5, 5.41) is 11.0. The van der Waals surface area contributed by atoms with Crippen molar-refractivity contribution in [2.24, 2.45) is 0 Å². The number of hydrogen-bond acceptors (Lipinski definition) is 3. The van der Waals surface area contributed by atoms with E-state index in [2.05, 4.69) is 0 Å². The summed E-state index contributed by atoms with van der Waals surface area (Å²) in [5.41, 5.74) is -0.0714. The largest absolute Gasteiger partial charge is 0.507 e. The van der Waals surface area contributed by atoms with Crippen LogP contribution in [0.4, 0.5) is 23.2 Å². The van der Waals surface area contributed by atoms with E-state index in [1.165, 1.54) is 18.2 Å². The molecule has 0 spiro atoms. The summed E-state index contributed by atoms with van der Waals surface area (Å²) in [6.07, 6.45) is -4.67. The monoisotopic (exact) mass is 455 g/mol. The van der Waals surface area contributed by atoms with Gasteiger partial charge in [0.2, 0.25) is 0 Å². The number of alkyl halides is 3. The van der Waals surface area contributed by atoms with E-state index in [0.717, 1.165) is 40.8 Å². The van der Waals surface area contributed by atoms with Crippen molar-refractivity contribution in [3.63, 3.8) is 0 Å². The third-order valence-corrected chi connectivity index (χ3v) is 5.41. The molecule has 0 aliphatic carbocycles. The maximum absolute atomic E-state index is 13.6. The minimum Gasteiger partial charge on any atom is -0.507 e. The molecule has 1 aliphatic heterocycles. The third-order valence-electron chi connectivity index (χ3n) is 5.41. The summed E-state index contributed by atoms with van der Waals surface area (Å²) in [7, 11) is 0. The van der Waals surface area contributed by atoms with Crippen LogP contribution < -0.4 is 4.90 Å². The Morgan fingerprint density at radius 2 is 1.58 bits per heavy atom. The zero-order valence-electron chi connectivity index (χ0n) is 17.2. The van der Waals surface area contributed by atoms with Gasteiger partial charge in [-0.1, -0.05) is 48.0 Å². The van der Waals surface area contributed by atoms with E-state index in [1.54, 1.807) is 24.3 Å². The maximum atomic E-state index is 13.6. The normalized spacial score (nSPS) is 18.1. The van der Waals surface area contributed by atoms with Gasteiger partial charge >= 0.3 is 6.18 Å². The van der Waals surface area contributed by atoms with E-state index in [-0.39, 0.29) is 22.4 Å². The molecule has 1 fully saturated rings. The number of aryl methyl sites for hydroxylation is 1. The van der Waals surface area contributed by atoms with Crippen LogP contribution in [-0.4, -0.2) is 16.8 Å². The highest BCUT2D eigenvalue weighted by Gasteiger charge is 2.47. The van der Waals surface area contributed by atoms with Crippen molar-refractivity contribution in [2.75, 3.05) is 4.90 Å². The molecular weight excluding hydrogens is 438 g/mol. The molecule has 1 saturated heterocycles. The second-order valence-electron chi connectivity index (χ2n) is 7.63. The highest BCUT2D eigenvalue weighted by Crippen LogP contribution is 2.43. The second-order valence-corrected chi connectivity index (χ2v) is 7.63. The Labute approximate surface area is 186 Å². The lowest BCUT2D eigenvalue weighted by Gasteiger charge is -2.26. The number of anilines is 1. The first-order valence-electron chi connectivity index (χ1n) is 9.88. The van der Waals surface area contributed by atoms with Crippen LogP contribution in [0.15, 0.2) is 78.4 Å². The molecule has 1 atom stereocenters. The number of amides is 1. The third kappa shape index (κ3) is 4.11. The van der Waals surface area contributed by atoms with Crippen LogP contribution >= 0.6 is 0 Å². The Hall–Kier alpha value is -3.94. The van der Waals surface area contributed by atoms with Crippen molar-refractivity contribution in [1.29, 1.82) is 0 Å². The highest BCUT2D eigenvalue weighted by atomic mass is 19.4. The summed E-state index contributed by atoms with van der Waals surface area (Å²) in [6.45, 7) is 1.83. The molecular formula is C25H17F4NO3. The number of halogens is 4. The van der Waals surface area contributed by atoms with Crippen LogP contribution in [0, 0.1) is 12.7 Å². The fraction of sp³-hybridized carbons (Fsp3) is 0.120. The maximum Gasteiger partial charge on any atom is 0.416 e. The molecule has 0 aromatic heterocycles. The van der Waals surface area contributed by atoms with Gasteiger partial charge in [0.05, 0.1) is 17.2 Å². The van der Waals surface area contributed by atoms with Gasteiger partial charge in [0, 0.05) is 11.3 Å². The number of hydrogen-bond donors (Lipinski definition) is 1. The van der Waals surface area contributed by atoms with E-state index >= 15 is 0 Å². The topological polar surface area (TPSA) is 57.6 Å². The lowest BCUT2D eigenvalue weighted by atomic mass is 9.95. The first kappa shape index (κ1) is 22.3. The van der Waals surface area contributed by atoms with E-state index in [0.29, 0.717) is 0 Å². The fourth-order valence-corrected chi connectivity index (χ4v) is 3.76. The zero-order chi connectivity index (χ0) is 23.9. The number of aliphatic hydroxyl groups excluding tert-OH is 1. The van der Waals surface area contributed by atoms with Crippen LogP contribution in [0.25, 0.3) is 5.76 Å². The Kier molecular flexibility index (Phi) is 5.53. The molecule has 0 unspecified atom stereocenters. The van der Waals surface area contributed by atoms with Crippen molar-refractivity contribution < 1.29 is 32.3 Å². The zero-order valence-corrected chi connectivity index (χ0v) is 17.2. The first-order chi connectivity index (χ1) is 15.6. The van der Waals surface area contributed by atoms with Crippen LogP contribution in [0.3, 0.4) is 0 Å². The van der Waals surface area contributed by atoms with E-state index in [4.69, 9.17) is 0 Å². The average Bonchev–Trinajstić information content (AvgIpc) is 3.04. The van der Waals surface area contributed by atoms with Gasteiger partial charge in [0.25, 0.3) is 11.7 Å². The molecule has 0 radical (unpaired) electrons. The van der Waals surface area contributed by atoms with Crippen LogP contribution in [0.5, 0.6) is 0 Å². The van der Waals surface area contributed by atoms with E-state index < -0.39 is 41.0 Å². The number of ketones is 1. The molecule has 1 amide bonds. The molecule has 0 bridgehead atoms. The van der Waals surface area contributed by atoms with Gasteiger partial charge in [-0.05, 0) is 42.8 Å². The molecule has 3 aromatic carbocycles. The molecule has 4 nitrogen and oxygen atoms in total. The Balaban J connectivity index is 1.94. The van der Waals surface area contributed by atoms with Crippen molar-refractivity contribution >= 4 is 23.1 Å². The summed E-state index contributed by atoms with van der Waals surface area (Å²) >= 11 is 0. The molecule has 1 heterocycles. The SMILES string of the molecule is Cc1ccc(C(O)=C2C(=O)C(=O)N(c3cccc(C(F)(F)F)c3)[C@@H]2c2ccc(F)cc2)cc1. The molecule has 3 aromatic rings. The smallest absolute Gasteiger partial charge is 0.416 e. The molecule has 0 saturated carbocycles. The number of Topliss-reactive ketones (excluding diaryl/α,β-unsaturated/α-hetero) is 1. The number of aliphatic hydroxyl groups is 1. The van der Waals surface area contributed by atoms with Crippen molar-refractivity contribution in [1.82, 2.24) is 0 Å². The minimum absolute atomic E-state index is 0.177. The molecule has 4 rings (SSSR count). The summed E-state index contributed by atoms with van der Waals surface area (Å²) in [6, 6.07) is 14.1. The number of carbonyl (C=O) groups is 2. The van der Waals surface area contributed by atoms with Gasteiger partial charge in [-0.2, -0.15) is 13.2 Å². The molecule has 1 N–H and O–H groups in total. The first-order valence-corrected chi connectivity index (χ1v) is 9.88. The highest BCUT2D eigenvalue weighted by molar-refractivity contribution is 6.51. The number of rotatable bonds is 3. The van der Waals surface area contributed by atoms with Gasteiger partial charge in [-0.15, -0.1) is 0 Å². The second kappa shape index (κ2) is 8.20. The summed E-state index contributed by atoms with van der Waals surface area (Å²) in [5.74, 6) is -3.21. The average molecular weight is 455 g/mol. The van der Waals surface area contributed by atoms with Gasteiger partial charge < -0.3 is 5.11 Å². The van der Waals surface area contributed by atoms with Gasteiger partial charge in [0.15, 0.2) is 0 Å². The number of carbonyl (C=O) groups excluding carboxylic acids is 2. The Morgan fingerprint density at radius 1 is 0.939 bits per heavy atom. The molecule has 168 valence electrons. The predicted molar refractivity (Wildman–Crippen MR) is 114 cm³/mol. The fourth-order valence-electron chi connectivity index (χ4n) is 3.76. The number of nitrogens with zero attached hydrogens (tertiary/aromatic N) is 1. The minimum atomic E-state index is -4.67. The quantitative estimate of drug-likeness (QED) is 0.236. The van der Waals surface area contributed by atoms with Crippen LogP contribution in [0.1, 0.15) is 28.3 Å². The number of benzene rings is 3. The Morgan fingerprint density at radius 3 is 2.18 bits per heavy atom. The van der Waals surface area contributed by atoms with Crippen molar-refractivity contribution in [3.05, 3.63) is 106 Å². The van der Waals surface area contributed by atoms with Crippen molar-refractivity contribution in [2.45, 2.75) is 19.1 Å². The molecule has 33 heavy (non-hydrogen) atoms. The van der Waals surface area contributed by atoms with E-state index in [9.17, 15) is 32.3 Å². The van der Waals surface area contributed by atoms with Crippen molar-refractivity contribution in [3.8, 4) is 0 Å². The molecule has 1 aliphatic rings. The summed E-state index contributed by atoms with van der Waals surface area (Å²) < 4.78 is 53.4. The predicted octanol–water partition coefficient (Wildman–Crippen LogP) is 5.78. The van der Waals surface area contributed by atoms with E-state index in [1.807, 2.05) is 6.92 Å². The Bertz CT molecular complexity index is 1260. The lowest BCUT2D eigenvalue weighted by Crippen LogP contribution is -2.29. The van der Waals surface area contributed by atoms with Crippen LogP contribution in [0.2, 0.25) is 0 Å². The lowest BCUT2D eigenvalue weighted by molar-refractivity contribution is -0.137. The van der Waals surface area contributed by atoms with Gasteiger partial charge in [0.1, 0.15) is 11.6 Å². The standard InChI is InChI=1S/C25H17F4NO3/c1-14-5-7-16(8-6-14)22(31)20-21(15-9-11-18(26)12-10-15)30(24(33)23(20)32)19-4-2-3-17(13-19)25(27,28)29/h2-13,21,31H,1H3/t21-/m1/s1. The molecule has 8 heteroatoms. The van der Waals surface area contributed by atoms with Gasteiger partial charge in [-0.25, -0.2) is 4.39 Å². The van der Waals surface area contributed by atoms with Crippen LogP contribution in [-0.2, 0) is 15.8 Å². The summed E-state index contributed by atoms with van der Waals surface area (Å²) in [4.78, 5) is 26.9. The van der Waals surface area contributed by atoms with Gasteiger partial charge in [-0.3, -0.25) is 14.5 Å².